The first-order valence-corrected chi connectivity index (χ1v) is 15.3. The van der Waals surface area contributed by atoms with Crippen molar-refractivity contribution >= 4 is 35.6 Å². The molecule has 0 spiro atoms. The molecule has 224 valence electrons. The lowest BCUT2D eigenvalue weighted by molar-refractivity contribution is -0.138. The Morgan fingerprint density at radius 1 is 0.568 bits per heavy atom. The molecule has 7 heteroatoms. The van der Waals surface area contributed by atoms with Gasteiger partial charge in [0, 0.05) is 11.1 Å². The standard InChI is InChI=1S/C21H21O3P.C16H14O3/c1-22-16-4-10-19(11-5-16)25(20-12-6-17(23-2)7-13-20)21-14-8-18(24-3)9-15-21;1-11(16(18)19)13-8-5-9-14(10-13)15(17)12-6-3-2-4-7-12/h4-15H,1-3H3;2-11H,1H3,(H,18,19). The third kappa shape index (κ3) is 8.12. The van der Waals surface area contributed by atoms with Gasteiger partial charge in [-0.2, -0.15) is 0 Å². The van der Waals surface area contributed by atoms with E-state index in [2.05, 4.69) is 36.4 Å². The highest BCUT2D eigenvalue weighted by Crippen LogP contribution is 2.34. The molecule has 5 rings (SSSR count). The molecule has 1 N–H and O–H groups in total. The molecule has 1 unspecified atom stereocenters. The van der Waals surface area contributed by atoms with Crippen LogP contribution in [-0.4, -0.2) is 38.2 Å². The van der Waals surface area contributed by atoms with Crippen LogP contribution in [0.15, 0.2) is 127 Å². The summed E-state index contributed by atoms with van der Waals surface area (Å²) in [5.41, 5.74) is 1.74. The molecular formula is C37H35O6P. The molecule has 0 heterocycles. The molecule has 0 aromatic heterocycles. The Kier molecular flexibility index (Phi) is 11.3. The molecule has 0 saturated carbocycles. The fourth-order valence-electron chi connectivity index (χ4n) is 4.49. The number of aliphatic carboxylic acids is 1. The second kappa shape index (κ2) is 15.5. The molecule has 5 aromatic carbocycles. The highest BCUT2D eigenvalue weighted by molar-refractivity contribution is 7.79. The predicted octanol–water partition coefficient (Wildman–Crippen LogP) is 6.58. The Morgan fingerprint density at radius 2 is 0.977 bits per heavy atom. The Morgan fingerprint density at radius 3 is 1.36 bits per heavy atom. The van der Waals surface area contributed by atoms with E-state index in [0.29, 0.717) is 16.7 Å². The SMILES string of the molecule is CC(C(=O)O)c1cccc(C(=O)c2ccccc2)c1.COc1ccc(P(c2ccc(OC)cc2)c2ccc(OC)cc2)cc1. The average Bonchev–Trinajstić information content (AvgIpc) is 3.09. The van der Waals surface area contributed by atoms with Gasteiger partial charge in [-0.25, -0.2) is 0 Å². The maximum atomic E-state index is 12.2. The van der Waals surface area contributed by atoms with Gasteiger partial charge in [-0.15, -0.1) is 0 Å². The van der Waals surface area contributed by atoms with Crippen molar-refractivity contribution in [3.8, 4) is 17.2 Å². The molecule has 0 aliphatic rings. The predicted molar refractivity (Wildman–Crippen MR) is 177 cm³/mol. The van der Waals surface area contributed by atoms with E-state index in [4.69, 9.17) is 19.3 Å². The zero-order valence-electron chi connectivity index (χ0n) is 25.1. The molecule has 1 atom stereocenters. The van der Waals surface area contributed by atoms with E-state index in [0.717, 1.165) is 17.2 Å². The maximum absolute atomic E-state index is 12.2. The van der Waals surface area contributed by atoms with Gasteiger partial charge in [0.1, 0.15) is 17.2 Å². The van der Waals surface area contributed by atoms with Crippen molar-refractivity contribution in [2.75, 3.05) is 21.3 Å². The lowest BCUT2D eigenvalue weighted by atomic mass is 9.96. The maximum Gasteiger partial charge on any atom is 0.310 e. The van der Waals surface area contributed by atoms with Gasteiger partial charge >= 0.3 is 5.97 Å². The van der Waals surface area contributed by atoms with Crippen molar-refractivity contribution < 1.29 is 28.9 Å². The number of rotatable bonds is 10. The minimum atomic E-state index is -0.899. The quantitative estimate of drug-likeness (QED) is 0.143. The Balaban J connectivity index is 0.000000209. The van der Waals surface area contributed by atoms with E-state index >= 15 is 0 Å². The van der Waals surface area contributed by atoms with E-state index in [1.165, 1.54) is 15.9 Å². The van der Waals surface area contributed by atoms with Gasteiger partial charge in [0.25, 0.3) is 0 Å². The number of carboxylic acids is 1. The van der Waals surface area contributed by atoms with E-state index in [-0.39, 0.29) is 5.78 Å². The van der Waals surface area contributed by atoms with E-state index in [1.807, 2.05) is 42.5 Å². The Hall–Kier alpha value is -4.93. The normalized spacial score (nSPS) is 11.1. The smallest absolute Gasteiger partial charge is 0.310 e. The summed E-state index contributed by atoms with van der Waals surface area (Å²) in [6.45, 7) is 1.61. The monoisotopic (exact) mass is 606 g/mol. The first-order chi connectivity index (χ1) is 21.3. The van der Waals surface area contributed by atoms with Gasteiger partial charge in [0.2, 0.25) is 0 Å². The molecule has 0 aliphatic heterocycles. The zero-order chi connectivity index (χ0) is 31.5. The van der Waals surface area contributed by atoms with Crippen molar-refractivity contribution in [1.82, 2.24) is 0 Å². The molecule has 0 amide bonds. The lowest BCUT2D eigenvalue weighted by Gasteiger charge is -2.20. The molecule has 0 aliphatic carbocycles. The average molecular weight is 607 g/mol. The summed E-state index contributed by atoms with van der Waals surface area (Å²) in [7, 11) is 4.39. The summed E-state index contributed by atoms with van der Waals surface area (Å²) in [6, 6.07) is 40.6. The minimum Gasteiger partial charge on any atom is -0.497 e. The van der Waals surface area contributed by atoms with Crippen molar-refractivity contribution in [2.45, 2.75) is 12.8 Å². The number of carbonyl (C=O) groups excluding carboxylic acids is 1. The third-order valence-electron chi connectivity index (χ3n) is 7.05. The van der Waals surface area contributed by atoms with Crippen LogP contribution in [0.2, 0.25) is 0 Å². The molecule has 0 fully saturated rings. The van der Waals surface area contributed by atoms with E-state index < -0.39 is 19.8 Å². The molecule has 0 radical (unpaired) electrons. The second-order valence-electron chi connectivity index (χ2n) is 9.81. The zero-order valence-corrected chi connectivity index (χ0v) is 26.0. The van der Waals surface area contributed by atoms with Gasteiger partial charge in [0.05, 0.1) is 27.2 Å². The number of benzene rings is 5. The summed E-state index contributed by atoms with van der Waals surface area (Å²) in [5.74, 6) is 0.974. The Bertz CT molecular complexity index is 1540. The molecule has 5 aromatic rings. The number of ketones is 1. The Labute approximate surface area is 259 Å². The van der Waals surface area contributed by atoms with Crippen LogP contribution in [-0.2, 0) is 4.79 Å². The third-order valence-corrected chi connectivity index (χ3v) is 9.49. The van der Waals surface area contributed by atoms with Crippen LogP contribution in [0.1, 0.15) is 34.3 Å². The summed E-state index contributed by atoms with van der Waals surface area (Å²) in [6.07, 6.45) is 0. The van der Waals surface area contributed by atoms with Gasteiger partial charge in [-0.3, -0.25) is 9.59 Å². The summed E-state index contributed by atoms with van der Waals surface area (Å²) < 4.78 is 15.9. The highest BCUT2D eigenvalue weighted by Gasteiger charge is 2.18. The largest absolute Gasteiger partial charge is 0.497 e. The van der Waals surface area contributed by atoms with Crippen molar-refractivity contribution in [1.29, 1.82) is 0 Å². The van der Waals surface area contributed by atoms with Crippen LogP contribution in [0.3, 0.4) is 0 Å². The van der Waals surface area contributed by atoms with Crippen LogP contribution in [0.4, 0.5) is 0 Å². The van der Waals surface area contributed by atoms with Crippen molar-refractivity contribution in [3.05, 3.63) is 144 Å². The number of hydrogen-bond acceptors (Lipinski definition) is 5. The van der Waals surface area contributed by atoms with Gasteiger partial charge in [-0.1, -0.05) is 84.9 Å². The van der Waals surface area contributed by atoms with Crippen LogP contribution in [0.25, 0.3) is 0 Å². The van der Waals surface area contributed by atoms with Crippen molar-refractivity contribution in [3.63, 3.8) is 0 Å². The lowest BCUT2D eigenvalue weighted by Crippen LogP contribution is -2.20. The van der Waals surface area contributed by atoms with Gasteiger partial charge < -0.3 is 19.3 Å². The summed E-state index contributed by atoms with van der Waals surface area (Å²) in [5, 5.41) is 12.8. The first kappa shape index (κ1) is 32.0. The summed E-state index contributed by atoms with van der Waals surface area (Å²) >= 11 is 0. The number of ether oxygens (including phenoxy) is 3. The number of methoxy groups -OCH3 is 3. The van der Waals surface area contributed by atoms with Crippen LogP contribution in [0, 0.1) is 0 Å². The summed E-state index contributed by atoms with van der Waals surface area (Å²) in [4.78, 5) is 23.2. The second-order valence-corrected chi connectivity index (χ2v) is 12.0. The number of carboxylic acid groups (broad SMARTS) is 1. The molecule has 0 saturated heterocycles. The van der Waals surface area contributed by atoms with Crippen LogP contribution < -0.4 is 30.1 Å². The topological polar surface area (TPSA) is 82.1 Å². The van der Waals surface area contributed by atoms with Gasteiger partial charge in [0.15, 0.2) is 5.78 Å². The van der Waals surface area contributed by atoms with E-state index in [1.54, 1.807) is 76.8 Å². The first-order valence-electron chi connectivity index (χ1n) is 14.0. The number of hydrogen-bond donors (Lipinski definition) is 1. The minimum absolute atomic E-state index is 0.0972. The molecule has 44 heavy (non-hydrogen) atoms. The molecule has 6 nitrogen and oxygen atoms in total. The van der Waals surface area contributed by atoms with Crippen LogP contribution in [0.5, 0.6) is 17.2 Å². The van der Waals surface area contributed by atoms with Crippen molar-refractivity contribution in [2.24, 2.45) is 0 Å². The fraction of sp³-hybridized carbons (Fsp3) is 0.135. The fourth-order valence-corrected chi connectivity index (χ4v) is 6.73. The van der Waals surface area contributed by atoms with Gasteiger partial charge in [-0.05, 0) is 78.8 Å². The number of carbonyl (C=O) groups is 2. The molecule has 0 bridgehead atoms. The van der Waals surface area contributed by atoms with E-state index in [9.17, 15) is 9.59 Å². The highest BCUT2D eigenvalue weighted by atomic mass is 31.1. The molecular weight excluding hydrogens is 571 g/mol. The van der Waals surface area contributed by atoms with Crippen LogP contribution >= 0.6 is 7.92 Å².